The van der Waals surface area contributed by atoms with Crippen molar-refractivity contribution in [3.05, 3.63) is 170 Å². The summed E-state index contributed by atoms with van der Waals surface area (Å²) in [5.41, 5.74) is 0. The highest BCUT2D eigenvalue weighted by Crippen LogP contribution is 2.26. The van der Waals surface area contributed by atoms with Crippen LogP contribution in [-0.4, -0.2) is 89.2 Å². The van der Waals surface area contributed by atoms with E-state index < -0.39 is 67.3 Å². The number of hydrogen-bond donors (Lipinski definition) is 3. The van der Waals surface area contributed by atoms with E-state index in [0.717, 1.165) is 109 Å². The van der Waals surface area contributed by atoms with Gasteiger partial charge in [-0.1, -0.05) is 204 Å². The van der Waals surface area contributed by atoms with E-state index in [1.54, 1.807) is 6.08 Å². The lowest BCUT2D eigenvalue weighted by atomic mass is 9.98. The van der Waals surface area contributed by atoms with Gasteiger partial charge in [0.05, 0.1) is 13.0 Å². The molecule has 6 unspecified atom stereocenters. The minimum absolute atomic E-state index is 0.0417. The van der Waals surface area contributed by atoms with E-state index >= 15 is 0 Å². The van der Waals surface area contributed by atoms with Gasteiger partial charge in [-0.3, -0.25) is 14.4 Å². The molecule has 1 fully saturated rings. The van der Waals surface area contributed by atoms with Crippen LogP contribution in [-0.2, 0) is 42.9 Å². The molecule has 0 aromatic heterocycles. The summed E-state index contributed by atoms with van der Waals surface area (Å²) in [6.45, 7) is 5.49. The maximum absolute atomic E-state index is 13.1. The number of aliphatic hydroxyl groups excluding tert-OH is 2. The van der Waals surface area contributed by atoms with Gasteiger partial charge < -0.3 is 39.0 Å². The number of hydrogen-bond acceptors (Lipinski definition) is 11. The molecule has 0 saturated carbocycles. The first-order valence-electron chi connectivity index (χ1n) is 29.1. The third-order valence-electron chi connectivity index (χ3n) is 11.8. The monoisotopic (exact) mass is 1090 g/mol. The number of ether oxygens (including phenoxy) is 5. The van der Waals surface area contributed by atoms with Gasteiger partial charge in [0.25, 0.3) is 0 Å². The number of aliphatic hydroxyl groups is 2. The fourth-order valence-electron chi connectivity index (χ4n) is 7.47. The molecule has 6 atom stereocenters. The Morgan fingerprint density at radius 2 is 0.810 bits per heavy atom. The van der Waals surface area contributed by atoms with Crippen LogP contribution >= 0.6 is 0 Å². The van der Waals surface area contributed by atoms with Gasteiger partial charge in [0.15, 0.2) is 24.6 Å². The minimum Gasteiger partial charge on any atom is -0.479 e. The Labute approximate surface area is 475 Å². The molecule has 1 aliphatic rings. The zero-order valence-corrected chi connectivity index (χ0v) is 48.0. The van der Waals surface area contributed by atoms with E-state index in [2.05, 4.69) is 154 Å². The van der Waals surface area contributed by atoms with Crippen LogP contribution in [0.25, 0.3) is 0 Å². The summed E-state index contributed by atoms with van der Waals surface area (Å²) in [4.78, 5) is 51.1. The van der Waals surface area contributed by atoms with E-state index in [-0.39, 0.29) is 25.9 Å². The fraction of sp³-hybridized carbons (Fsp3) is 0.522. The molecule has 1 saturated heterocycles. The predicted molar refractivity (Wildman–Crippen MR) is 321 cm³/mol. The van der Waals surface area contributed by atoms with Gasteiger partial charge in [-0.2, -0.15) is 0 Å². The smallest absolute Gasteiger partial charge is 0.335 e. The average Bonchev–Trinajstić information content (AvgIpc) is 3.43. The lowest BCUT2D eigenvalue weighted by molar-refractivity contribution is -0.301. The number of unbranched alkanes of at least 4 members (excludes halogenated alkanes) is 5. The summed E-state index contributed by atoms with van der Waals surface area (Å²) in [6, 6.07) is 0. The number of esters is 3. The molecule has 79 heavy (non-hydrogen) atoms. The molecular weight excluding hydrogens is 997 g/mol. The molecule has 438 valence electrons. The van der Waals surface area contributed by atoms with E-state index in [1.165, 1.54) is 0 Å². The Morgan fingerprint density at radius 1 is 0.430 bits per heavy atom. The summed E-state index contributed by atoms with van der Waals surface area (Å²) >= 11 is 0. The first-order chi connectivity index (χ1) is 38.6. The second kappa shape index (κ2) is 52.8. The molecule has 1 heterocycles. The summed E-state index contributed by atoms with van der Waals surface area (Å²) in [7, 11) is 0. The minimum atomic E-state index is -1.95. The zero-order chi connectivity index (χ0) is 57.5. The van der Waals surface area contributed by atoms with Crippen molar-refractivity contribution in [3.63, 3.8) is 0 Å². The summed E-state index contributed by atoms with van der Waals surface area (Å²) in [5, 5.41) is 31.5. The molecule has 1 aliphatic heterocycles. The SMILES string of the molecule is CC/C=C\C/C=C\C/C=C\C/C=C\C/C=C\CCCC(=O)OC1C(OCC(COC(=O)CCCCCC/C=C\C/C=C\C/C=C\C/C=C\CC)OC(=O)C/C=C\C/C=C\C/C=C\C/C=C\C/C=C\CC)OC(C(=O)O)C(O)C1O. The molecular formula is C67H98O12. The van der Waals surface area contributed by atoms with Crippen molar-refractivity contribution in [3.8, 4) is 0 Å². The molecule has 0 aromatic carbocycles. The zero-order valence-electron chi connectivity index (χ0n) is 48.0. The van der Waals surface area contributed by atoms with Crippen LogP contribution in [0.2, 0.25) is 0 Å². The lowest BCUT2D eigenvalue weighted by Gasteiger charge is -2.40. The summed E-state index contributed by atoms with van der Waals surface area (Å²) in [6.07, 6.45) is 66.4. The second-order valence-corrected chi connectivity index (χ2v) is 18.8. The van der Waals surface area contributed by atoms with Crippen LogP contribution in [0.1, 0.15) is 175 Å². The highest BCUT2D eigenvalue weighted by Gasteiger charge is 2.50. The van der Waals surface area contributed by atoms with Crippen LogP contribution in [0, 0.1) is 0 Å². The molecule has 12 heteroatoms. The molecule has 0 aliphatic carbocycles. The van der Waals surface area contributed by atoms with Crippen molar-refractivity contribution in [1.82, 2.24) is 0 Å². The maximum Gasteiger partial charge on any atom is 0.335 e. The van der Waals surface area contributed by atoms with E-state index in [0.29, 0.717) is 25.7 Å². The maximum atomic E-state index is 13.1. The molecule has 1 rings (SSSR count). The number of carboxylic acids is 1. The van der Waals surface area contributed by atoms with Crippen molar-refractivity contribution in [2.75, 3.05) is 13.2 Å². The van der Waals surface area contributed by atoms with E-state index in [9.17, 15) is 34.5 Å². The molecule has 0 radical (unpaired) electrons. The first-order valence-corrected chi connectivity index (χ1v) is 29.1. The van der Waals surface area contributed by atoms with Gasteiger partial charge in [-0.15, -0.1) is 0 Å². The summed E-state index contributed by atoms with van der Waals surface area (Å²) < 4.78 is 28.2. The van der Waals surface area contributed by atoms with Gasteiger partial charge in [0.1, 0.15) is 18.8 Å². The van der Waals surface area contributed by atoms with Gasteiger partial charge in [0.2, 0.25) is 0 Å². The average molecular weight is 1100 g/mol. The Hall–Kier alpha value is -5.92. The Kier molecular flexibility index (Phi) is 47.5. The number of allylic oxidation sites excluding steroid dienone is 27. The van der Waals surface area contributed by atoms with Crippen molar-refractivity contribution in [2.24, 2.45) is 0 Å². The predicted octanol–water partition coefficient (Wildman–Crippen LogP) is 15.1. The normalized spacial score (nSPS) is 19.1. The molecule has 0 bridgehead atoms. The quantitative estimate of drug-likeness (QED) is 0.0228. The topological polar surface area (TPSA) is 175 Å². The van der Waals surface area contributed by atoms with Gasteiger partial charge in [0, 0.05) is 12.8 Å². The second-order valence-electron chi connectivity index (χ2n) is 18.8. The number of carboxylic acid groups (broad SMARTS) is 1. The summed E-state index contributed by atoms with van der Waals surface area (Å²) in [5.74, 6) is -3.44. The van der Waals surface area contributed by atoms with Crippen molar-refractivity contribution >= 4 is 23.9 Å². The molecule has 0 aromatic rings. The molecule has 12 nitrogen and oxygen atoms in total. The lowest BCUT2D eigenvalue weighted by Crippen LogP contribution is -2.61. The third kappa shape index (κ3) is 42.7. The Balaban J connectivity index is 2.82. The standard InChI is InChI=1S/C67H98O12/c1-4-7-10-13-16-19-22-25-28-30-33-35-38-41-44-47-50-53-59(68)75-56-58(77-60(69)54-51-48-45-42-39-36-32-27-24-21-18-15-12-9-6-3)57-76-67-65(63(72)62(71)64(79-67)66(73)74)78-61(70)55-52-49-46-43-40-37-34-31-29-26-23-20-17-14-11-8-5-2/h7-12,16-21,25-29,32-35,37,39,42-43,46,48,51,58,62-65,67,71-72H,4-6,13-15,22-24,30-31,36,38,40-41,44-45,47,49-50,52-57H2,1-3H3,(H,73,74)/b10-7-,11-8-,12-9-,19-16-,20-17-,21-18-,28-25-,29-26-,32-27-,35-33-,37-34-,42-39-,46-43-,51-48-. The number of rotatable bonds is 46. The molecule has 3 N–H and O–H groups in total. The first kappa shape index (κ1) is 71.1. The van der Waals surface area contributed by atoms with E-state index in [4.69, 9.17) is 23.7 Å². The highest BCUT2D eigenvalue weighted by atomic mass is 16.7. The van der Waals surface area contributed by atoms with Crippen LogP contribution < -0.4 is 0 Å². The van der Waals surface area contributed by atoms with Crippen LogP contribution in [0.15, 0.2) is 170 Å². The largest absolute Gasteiger partial charge is 0.479 e. The highest BCUT2D eigenvalue weighted by molar-refractivity contribution is 5.74. The van der Waals surface area contributed by atoms with Crippen molar-refractivity contribution < 1.29 is 58.2 Å². The van der Waals surface area contributed by atoms with E-state index in [1.807, 2.05) is 30.4 Å². The Morgan fingerprint density at radius 3 is 1.24 bits per heavy atom. The van der Waals surface area contributed by atoms with Gasteiger partial charge >= 0.3 is 23.9 Å². The number of carbonyl (C=O) groups excluding carboxylic acids is 3. The van der Waals surface area contributed by atoms with Crippen LogP contribution in [0.5, 0.6) is 0 Å². The van der Waals surface area contributed by atoms with Crippen molar-refractivity contribution in [2.45, 2.75) is 212 Å². The van der Waals surface area contributed by atoms with Crippen LogP contribution in [0.4, 0.5) is 0 Å². The third-order valence-corrected chi connectivity index (χ3v) is 11.8. The number of aliphatic carboxylic acids is 1. The Bertz CT molecular complexity index is 2020. The van der Waals surface area contributed by atoms with Gasteiger partial charge in [-0.25, -0.2) is 4.79 Å². The fourth-order valence-corrected chi connectivity index (χ4v) is 7.47. The molecule has 0 amide bonds. The number of carbonyl (C=O) groups is 4. The molecule has 0 spiro atoms. The van der Waals surface area contributed by atoms with Crippen molar-refractivity contribution in [1.29, 1.82) is 0 Å². The van der Waals surface area contributed by atoms with Crippen LogP contribution in [0.3, 0.4) is 0 Å². The van der Waals surface area contributed by atoms with Gasteiger partial charge in [-0.05, 0) is 122 Å².